The Kier molecular flexibility index (Phi) is 4.29. The van der Waals surface area contributed by atoms with Gasteiger partial charge < -0.3 is 9.97 Å². The summed E-state index contributed by atoms with van der Waals surface area (Å²) in [5, 5.41) is 3.92. The molecule has 4 aromatic carbocycles. The third kappa shape index (κ3) is 3.07. The summed E-state index contributed by atoms with van der Waals surface area (Å²) in [5.41, 5.74) is 6.85. The summed E-state index contributed by atoms with van der Waals surface area (Å²) in [7, 11) is 0. The number of fused-ring (bicyclic) bond motifs is 18. The molecule has 0 saturated heterocycles. The molecular formula is C32H20N8. The summed E-state index contributed by atoms with van der Waals surface area (Å²) < 4.78 is 0. The molecule has 0 unspecified atom stereocenters. The molecule has 2 atom stereocenters. The van der Waals surface area contributed by atoms with Gasteiger partial charge in [-0.3, -0.25) is 0 Å². The molecule has 0 saturated carbocycles. The number of aromatic amines is 2. The number of aliphatic imine (C=N–C) groups is 2. The number of amidine groups is 2. The minimum absolute atomic E-state index is 0.433. The Balaban J connectivity index is 1.43. The number of rotatable bonds is 0. The fourth-order valence-corrected chi connectivity index (χ4v) is 5.86. The van der Waals surface area contributed by atoms with Crippen molar-refractivity contribution in [3.8, 4) is 0 Å². The van der Waals surface area contributed by atoms with Gasteiger partial charge in [0.15, 0.2) is 24.0 Å². The van der Waals surface area contributed by atoms with Crippen LogP contribution in [0.4, 0.5) is 0 Å². The first kappa shape index (κ1) is 21.4. The lowest BCUT2D eigenvalue weighted by molar-refractivity contribution is 0.757. The highest BCUT2D eigenvalue weighted by molar-refractivity contribution is 6.04. The number of benzene rings is 4. The highest BCUT2D eigenvalue weighted by Crippen LogP contribution is 2.32. The third-order valence-corrected chi connectivity index (χ3v) is 7.74. The first-order valence-corrected chi connectivity index (χ1v) is 13.2. The van der Waals surface area contributed by atoms with E-state index in [1.807, 2.05) is 48.5 Å². The van der Waals surface area contributed by atoms with E-state index in [0.29, 0.717) is 22.6 Å². The predicted octanol–water partition coefficient (Wildman–Crippen LogP) is 3.76. The maximum absolute atomic E-state index is 5.10. The summed E-state index contributed by atoms with van der Waals surface area (Å²) in [6.07, 6.45) is -0.867. The molecule has 188 valence electrons. The van der Waals surface area contributed by atoms with Gasteiger partial charge in [-0.25, -0.2) is 30.0 Å². The highest BCUT2D eigenvalue weighted by Gasteiger charge is 2.26. The zero-order valence-electron chi connectivity index (χ0n) is 21.1. The van der Waals surface area contributed by atoms with Gasteiger partial charge in [-0.15, -0.1) is 0 Å². The minimum atomic E-state index is -0.433. The molecule has 8 bridgehead atoms. The van der Waals surface area contributed by atoms with Crippen molar-refractivity contribution in [1.82, 2.24) is 9.97 Å². The van der Waals surface area contributed by atoms with Crippen LogP contribution in [-0.2, 0) is 0 Å². The molecule has 8 nitrogen and oxygen atoms in total. The monoisotopic (exact) mass is 516 g/mol. The van der Waals surface area contributed by atoms with Gasteiger partial charge in [0.05, 0.1) is 0 Å². The summed E-state index contributed by atoms with van der Waals surface area (Å²) in [6, 6.07) is 32.6. The summed E-state index contributed by atoms with van der Waals surface area (Å²) >= 11 is 0. The van der Waals surface area contributed by atoms with E-state index in [1.165, 1.54) is 0 Å². The van der Waals surface area contributed by atoms with Crippen molar-refractivity contribution in [2.45, 2.75) is 12.3 Å². The topological polar surface area (TPSA) is 106 Å². The van der Waals surface area contributed by atoms with E-state index in [9.17, 15) is 0 Å². The Morgan fingerprint density at radius 1 is 0.400 bits per heavy atom. The van der Waals surface area contributed by atoms with E-state index in [1.54, 1.807) is 0 Å². The van der Waals surface area contributed by atoms with E-state index in [0.717, 1.165) is 54.8 Å². The molecule has 3 aliphatic rings. The van der Waals surface area contributed by atoms with Gasteiger partial charge in [-0.2, -0.15) is 0 Å². The third-order valence-electron chi connectivity index (χ3n) is 7.74. The molecular weight excluding hydrogens is 496 g/mol. The summed E-state index contributed by atoms with van der Waals surface area (Å²) in [4.78, 5) is 37.2. The molecule has 3 aliphatic heterocycles. The van der Waals surface area contributed by atoms with E-state index in [2.05, 4.69) is 58.5 Å². The molecule has 0 amide bonds. The zero-order chi connectivity index (χ0) is 26.2. The largest absolute Gasteiger partial charge is 0.324 e. The van der Waals surface area contributed by atoms with E-state index in [4.69, 9.17) is 30.0 Å². The molecule has 0 aliphatic carbocycles. The van der Waals surface area contributed by atoms with Crippen molar-refractivity contribution in [3.05, 3.63) is 141 Å². The molecule has 2 aromatic heterocycles. The second kappa shape index (κ2) is 8.00. The standard InChI is InChI=1S/C32H20N8/c1-2-10-18-17(9-1)25-33-26(18)38-28-21-13-5-6-14-22(21)30(35-28)40-32-24-16-8-7-15-23(24)31(36-32)39-29-20-12-4-3-11-19(20)27(34-29)37-25/h1-16,25,32H,(H,33,35,38,40)(H,34,36,37,39)/t25-,32-/m1/s1. The van der Waals surface area contributed by atoms with E-state index in [-0.39, 0.29) is 0 Å². The molecule has 5 heterocycles. The lowest BCUT2D eigenvalue weighted by atomic mass is 10.1. The molecule has 0 radical (unpaired) electrons. The maximum Gasteiger partial charge on any atom is 0.170 e. The van der Waals surface area contributed by atoms with Crippen molar-refractivity contribution in [3.63, 3.8) is 0 Å². The molecule has 9 rings (SSSR count). The van der Waals surface area contributed by atoms with Crippen molar-refractivity contribution >= 4 is 33.2 Å². The smallest absolute Gasteiger partial charge is 0.170 e. The van der Waals surface area contributed by atoms with Crippen LogP contribution in [-0.4, -0.2) is 21.6 Å². The number of hydrogen-bond donors (Lipinski definition) is 2. The molecule has 0 spiro atoms. The van der Waals surface area contributed by atoms with Crippen LogP contribution in [0.25, 0.3) is 21.5 Å². The van der Waals surface area contributed by atoms with Crippen LogP contribution in [0.2, 0.25) is 0 Å². The van der Waals surface area contributed by atoms with Gasteiger partial charge in [0.1, 0.15) is 22.0 Å². The quantitative estimate of drug-likeness (QED) is 0.307. The van der Waals surface area contributed by atoms with Crippen LogP contribution < -0.4 is 22.0 Å². The lowest BCUT2D eigenvalue weighted by Crippen LogP contribution is -2.14. The van der Waals surface area contributed by atoms with Crippen molar-refractivity contribution in [1.29, 1.82) is 0 Å². The van der Waals surface area contributed by atoms with Gasteiger partial charge >= 0.3 is 0 Å². The Morgan fingerprint density at radius 3 is 1.23 bits per heavy atom. The Labute approximate surface area is 226 Å². The Hall–Kier alpha value is -5.50. The van der Waals surface area contributed by atoms with Crippen LogP contribution in [0, 0.1) is 0 Å². The minimum Gasteiger partial charge on any atom is -0.324 e. The zero-order valence-corrected chi connectivity index (χ0v) is 21.1. The van der Waals surface area contributed by atoms with Crippen molar-refractivity contribution < 1.29 is 0 Å². The number of H-pyrrole nitrogens is 2. The molecule has 8 heteroatoms. The summed E-state index contributed by atoms with van der Waals surface area (Å²) in [5.74, 6) is 1.28. The Morgan fingerprint density at radius 2 is 0.775 bits per heavy atom. The normalized spacial score (nSPS) is 18.6. The van der Waals surface area contributed by atoms with Crippen LogP contribution in [0.1, 0.15) is 34.6 Å². The first-order chi connectivity index (χ1) is 19.8. The molecule has 40 heavy (non-hydrogen) atoms. The van der Waals surface area contributed by atoms with Gasteiger partial charge in [-0.1, -0.05) is 97.1 Å². The van der Waals surface area contributed by atoms with Crippen molar-refractivity contribution in [2.75, 3.05) is 0 Å². The fourth-order valence-electron chi connectivity index (χ4n) is 5.86. The van der Waals surface area contributed by atoms with Gasteiger partial charge in [0.25, 0.3) is 0 Å². The molecule has 0 fully saturated rings. The van der Waals surface area contributed by atoms with Crippen LogP contribution >= 0.6 is 0 Å². The number of nitrogens with zero attached hydrogens (tertiary/aromatic N) is 6. The van der Waals surface area contributed by atoms with E-state index < -0.39 is 12.3 Å². The maximum atomic E-state index is 5.10. The lowest BCUT2D eigenvalue weighted by Gasteiger charge is -2.02. The molecule has 6 aromatic rings. The number of hydrogen-bond acceptors (Lipinski definition) is 6. The van der Waals surface area contributed by atoms with Crippen molar-refractivity contribution in [2.24, 2.45) is 30.0 Å². The highest BCUT2D eigenvalue weighted by atomic mass is 15.1. The summed E-state index contributed by atoms with van der Waals surface area (Å²) in [6.45, 7) is 0. The SMILES string of the molecule is c1ccc2c(c1)C1=N[C@@H]2N=c2[nH]c(c3ccccc23)=NC2=N[C@H](N=c3[nH]c(c4ccccc34)=N1)c1ccccc12. The van der Waals surface area contributed by atoms with E-state index >= 15 is 0 Å². The average molecular weight is 517 g/mol. The van der Waals surface area contributed by atoms with Crippen LogP contribution in [0.3, 0.4) is 0 Å². The predicted molar refractivity (Wildman–Crippen MR) is 153 cm³/mol. The van der Waals surface area contributed by atoms with Gasteiger partial charge in [0.2, 0.25) is 0 Å². The Bertz CT molecular complexity index is 2190. The molecule has 2 N–H and O–H groups in total. The van der Waals surface area contributed by atoms with Crippen LogP contribution in [0.5, 0.6) is 0 Å². The number of aromatic nitrogens is 2. The van der Waals surface area contributed by atoms with Gasteiger partial charge in [0, 0.05) is 43.8 Å². The van der Waals surface area contributed by atoms with Crippen LogP contribution in [0.15, 0.2) is 127 Å². The number of nitrogens with one attached hydrogen (secondary N) is 2. The van der Waals surface area contributed by atoms with Gasteiger partial charge in [-0.05, 0) is 0 Å². The fraction of sp³-hybridized carbons (Fsp3) is 0.0625. The first-order valence-electron chi connectivity index (χ1n) is 13.2. The average Bonchev–Trinajstić information content (AvgIpc) is 3.73. The second-order valence-corrected chi connectivity index (χ2v) is 10.0. The second-order valence-electron chi connectivity index (χ2n) is 10.0.